The van der Waals surface area contributed by atoms with Crippen molar-refractivity contribution in [3.8, 4) is 5.00 Å². The zero-order chi connectivity index (χ0) is 62.0. The number of piperidine rings is 1. The Labute approximate surface area is 517 Å². The number of amides is 3. The molecule has 26 heteroatoms. The summed E-state index contributed by atoms with van der Waals surface area (Å²) in [5.41, 5.74) is 14.1. The highest BCUT2D eigenvalue weighted by molar-refractivity contribution is 7.15. The maximum atomic E-state index is 13.9. The number of anilines is 2. The molecular weight excluding hydrogens is 1160 g/mol. The van der Waals surface area contributed by atoms with Gasteiger partial charge in [0.2, 0.25) is 11.8 Å². The highest BCUT2D eigenvalue weighted by Gasteiger charge is 2.33. The summed E-state index contributed by atoms with van der Waals surface area (Å²) in [5.74, 6) is 0.996. The van der Waals surface area contributed by atoms with E-state index in [0.717, 1.165) is 62.8 Å². The number of likely N-dealkylation sites (tertiary alicyclic amines) is 1. The topological polar surface area (TPSA) is 273 Å². The molecule has 6 heterocycles. The predicted octanol–water partition coefficient (Wildman–Crippen LogP) is 5.77. The van der Waals surface area contributed by atoms with Crippen molar-refractivity contribution in [2.24, 2.45) is 4.99 Å². The molecule has 87 heavy (non-hydrogen) atoms. The maximum Gasteiger partial charge on any atom is 0.277 e. The number of rotatable bonds is 33. The lowest BCUT2D eigenvalue weighted by Crippen LogP contribution is -2.40. The highest BCUT2D eigenvalue weighted by Crippen LogP contribution is 2.40. The van der Waals surface area contributed by atoms with Crippen LogP contribution in [-0.2, 0) is 44.4 Å². The third-order valence-electron chi connectivity index (χ3n) is 15.4. The lowest BCUT2D eigenvalue weighted by molar-refractivity contribution is -0.128. The van der Waals surface area contributed by atoms with Crippen molar-refractivity contribution < 1.29 is 47.9 Å². The Morgan fingerprint density at radius 3 is 2.16 bits per heavy atom. The summed E-state index contributed by atoms with van der Waals surface area (Å²) in [6, 6.07) is 10.6. The normalized spacial score (nSPS) is 15.5. The molecule has 4 aromatic heterocycles. The van der Waals surface area contributed by atoms with Crippen molar-refractivity contribution in [1.82, 2.24) is 54.5 Å². The van der Waals surface area contributed by atoms with E-state index < -0.39 is 18.2 Å². The van der Waals surface area contributed by atoms with Crippen LogP contribution in [0.15, 0.2) is 59.9 Å². The van der Waals surface area contributed by atoms with Gasteiger partial charge in [-0.25, -0.2) is 14.6 Å². The van der Waals surface area contributed by atoms with Gasteiger partial charge in [-0.1, -0.05) is 35.9 Å². The summed E-state index contributed by atoms with van der Waals surface area (Å²) < 4.78 is 37.8. The van der Waals surface area contributed by atoms with Crippen LogP contribution in [0.4, 0.5) is 11.5 Å². The van der Waals surface area contributed by atoms with Gasteiger partial charge in [-0.05, 0) is 95.0 Å². The second-order valence-corrected chi connectivity index (χ2v) is 23.4. The molecule has 3 amide bonds. The molecule has 6 aromatic rings. The van der Waals surface area contributed by atoms with Crippen molar-refractivity contribution in [2.75, 3.05) is 144 Å². The number of ether oxygens (including phenoxy) is 6. The third kappa shape index (κ3) is 17.8. The third-order valence-corrected chi connectivity index (χ3v) is 16.8. The highest BCUT2D eigenvalue weighted by atomic mass is 35.5. The molecule has 470 valence electrons. The number of carbonyl (C=O) groups excluding carboxylic acids is 3. The molecule has 2 aliphatic rings. The van der Waals surface area contributed by atoms with E-state index in [2.05, 4.69) is 54.1 Å². The lowest BCUT2D eigenvalue weighted by atomic mass is 9.98. The van der Waals surface area contributed by atoms with Crippen molar-refractivity contribution in [1.29, 1.82) is 0 Å². The Morgan fingerprint density at radius 1 is 0.839 bits per heavy atom. The number of aliphatic hydroxyl groups excluding tert-OH is 1. The number of hydrogen-bond acceptors (Lipinski definition) is 20. The Bertz CT molecular complexity index is 3330. The Morgan fingerprint density at radius 2 is 1.49 bits per heavy atom. The number of aryl methyl sites for hydroxylation is 2. The molecule has 0 spiro atoms. The number of fused-ring (bicyclic) bond motifs is 4. The molecule has 3 atom stereocenters. The molecule has 24 nitrogen and oxygen atoms in total. The number of nitrogen functional groups attached to an aromatic ring is 1. The molecule has 5 N–H and O–H groups in total. The Hall–Kier alpha value is -6.62. The second kappa shape index (κ2) is 32.6. The molecule has 0 aliphatic carbocycles. The van der Waals surface area contributed by atoms with E-state index in [0.29, 0.717) is 146 Å². The summed E-state index contributed by atoms with van der Waals surface area (Å²) in [5, 5.41) is 32.9. The molecule has 8 rings (SSSR count). The SMILES string of the molecule is Cc1sc2c(c1C)C(c1ccc(Cl)cc1)=N[C@H](CC(O)NCCOCCOCCOCCOCCOCCOCCN(C)C/C=C/C(=O)N1CCCC(n3nc(C(=O)Nc4ccc(CC(=O)N(C)C)c(C)c4C)c4c(N)ncnc43)C1)c1nnc(C)n1-2. The van der Waals surface area contributed by atoms with Gasteiger partial charge in [0.1, 0.15) is 35.2 Å². The zero-order valence-electron chi connectivity index (χ0n) is 51.2. The van der Waals surface area contributed by atoms with Crippen LogP contribution in [0.1, 0.15) is 91.7 Å². The number of nitrogens with one attached hydrogen (secondary N) is 2. The molecule has 0 radical (unpaired) electrons. The van der Waals surface area contributed by atoms with Crippen LogP contribution in [0.3, 0.4) is 0 Å². The minimum absolute atomic E-state index is 0.0127. The van der Waals surface area contributed by atoms with Crippen molar-refractivity contribution in [2.45, 2.75) is 78.6 Å². The molecule has 2 aromatic carbocycles. The molecule has 2 unspecified atom stereocenters. The number of nitrogens with two attached hydrogens (primary N) is 1. The number of aliphatic hydroxyl groups is 1. The fraction of sp³-hybridized carbons (Fsp3) is 0.525. The van der Waals surface area contributed by atoms with Crippen LogP contribution in [0.25, 0.3) is 16.0 Å². The van der Waals surface area contributed by atoms with Crippen LogP contribution >= 0.6 is 22.9 Å². The number of nitrogens with zero attached hydrogens (tertiary/aromatic N) is 11. The number of thiophene rings is 1. The van der Waals surface area contributed by atoms with Gasteiger partial charge in [-0.15, -0.1) is 21.5 Å². The van der Waals surface area contributed by atoms with E-state index in [9.17, 15) is 19.5 Å². The molecule has 1 saturated heterocycles. The number of carbonyl (C=O) groups is 3. The van der Waals surface area contributed by atoms with Crippen LogP contribution in [-0.4, -0.2) is 217 Å². The number of aliphatic imine (C=N–C) groups is 1. The monoisotopic (exact) mass is 1240 g/mol. The summed E-state index contributed by atoms with van der Waals surface area (Å²) in [6.07, 6.45) is 5.95. The minimum Gasteiger partial charge on any atom is -0.383 e. The quantitative estimate of drug-likeness (QED) is 0.0216. The van der Waals surface area contributed by atoms with Gasteiger partial charge in [-0.3, -0.25) is 29.3 Å². The van der Waals surface area contributed by atoms with E-state index in [-0.39, 0.29) is 35.8 Å². The van der Waals surface area contributed by atoms with E-state index in [1.54, 1.807) is 52.1 Å². The van der Waals surface area contributed by atoms with E-state index >= 15 is 0 Å². The first-order chi connectivity index (χ1) is 42.0. The number of likely N-dealkylation sites (N-methyl/N-ethyl adjacent to an activating group) is 2. The van der Waals surface area contributed by atoms with Gasteiger partial charge in [0.05, 0.1) is 103 Å². The first-order valence-corrected chi connectivity index (χ1v) is 30.7. The van der Waals surface area contributed by atoms with Crippen LogP contribution in [0.5, 0.6) is 0 Å². The van der Waals surface area contributed by atoms with E-state index in [1.165, 1.54) is 11.2 Å². The average Bonchev–Trinajstić information content (AvgIpc) is 1.79. The smallest absolute Gasteiger partial charge is 0.277 e. The van der Waals surface area contributed by atoms with Crippen molar-refractivity contribution in [3.05, 3.63) is 116 Å². The molecular formula is C61H83ClN14O10S. The second-order valence-electron chi connectivity index (χ2n) is 21.7. The van der Waals surface area contributed by atoms with Gasteiger partial charge < -0.3 is 59.3 Å². The van der Waals surface area contributed by atoms with Gasteiger partial charge in [0.25, 0.3) is 5.91 Å². The fourth-order valence-electron chi connectivity index (χ4n) is 10.2. The van der Waals surface area contributed by atoms with Crippen LogP contribution in [0, 0.1) is 34.6 Å². The summed E-state index contributed by atoms with van der Waals surface area (Å²) in [4.78, 5) is 60.2. The van der Waals surface area contributed by atoms with Gasteiger partial charge in [-0.2, -0.15) is 5.10 Å². The molecule has 1 fully saturated rings. The van der Waals surface area contributed by atoms with Crippen LogP contribution in [0.2, 0.25) is 5.02 Å². The zero-order valence-corrected chi connectivity index (χ0v) is 52.8. The van der Waals surface area contributed by atoms with E-state index in [4.69, 9.17) is 55.8 Å². The summed E-state index contributed by atoms with van der Waals surface area (Å²) in [7, 11) is 5.41. The first kappa shape index (κ1) is 66.3. The fourth-order valence-corrected chi connectivity index (χ4v) is 11.5. The molecule has 0 saturated carbocycles. The predicted molar refractivity (Wildman–Crippen MR) is 334 cm³/mol. The first-order valence-electron chi connectivity index (χ1n) is 29.5. The molecule has 2 aliphatic heterocycles. The average molecular weight is 1240 g/mol. The standard InChI is InChI=1S/C61H83ClN14O10S/c1-39-40(2)48(18-15-45(39)35-52(79)72(6)7)68-60(80)56-54-57(63)65-38-66-59(54)76(71-56)47-11-9-21-74(37-47)51(78)12-10-20-73(8)22-24-82-26-28-84-30-32-86-34-33-85-31-29-83-27-25-81-23-19-64-50(77)36-49-58-70-69-43(5)75(58)61-53(41(3)42(4)87-61)55(67-49)44-13-16-46(62)17-14-44/h10,12-18,38,47,49-50,64,77H,9,11,19-37H2,1-8H3,(H,68,80)(H2,63,65,66)/b12-10+/t47?,49-,50?/m1/s1. The minimum atomic E-state index is -0.861. The number of halogens is 1. The number of aromatic nitrogens is 7. The van der Waals surface area contributed by atoms with Gasteiger partial charge >= 0.3 is 0 Å². The van der Waals surface area contributed by atoms with Crippen molar-refractivity contribution in [3.63, 3.8) is 0 Å². The Balaban J connectivity index is 0.622. The Kier molecular flexibility index (Phi) is 24.8. The van der Waals surface area contributed by atoms with Gasteiger partial charge in [0.15, 0.2) is 17.2 Å². The number of benzene rings is 2. The largest absolute Gasteiger partial charge is 0.383 e. The van der Waals surface area contributed by atoms with E-state index in [1.807, 2.05) is 64.2 Å². The maximum absolute atomic E-state index is 13.9. The lowest BCUT2D eigenvalue weighted by Gasteiger charge is -2.32. The summed E-state index contributed by atoms with van der Waals surface area (Å²) >= 11 is 7.94. The summed E-state index contributed by atoms with van der Waals surface area (Å²) in [6.45, 7) is 17.9. The van der Waals surface area contributed by atoms with Crippen LogP contribution < -0.4 is 16.4 Å². The number of hydrogen-bond donors (Lipinski definition) is 4. The van der Waals surface area contributed by atoms with Gasteiger partial charge in [0, 0.05) is 86.0 Å². The van der Waals surface area contributed by atoms with Crippen molar-refractivity contribution >= 4 is 68.9 Å². The molecule has 0 bridgehead atoms.